The van der Waals surface area contributed by atoms with Crippen LogP contribution >= 0.6 is 11.8 Å². The van der Waals surface area contributed by atoms with Crippen LogP contribution in [0.3, 0.4) is 0 Å². The Hall–Kier alpha value is -1.49. The lowest BCUT2D eigenvalue weighted by molar-refractivity contribution is -0.120. The van der Waals surface area contributed by atoms with Crippen LogP contribution < -0.4 is 5.32 Å². The van der Waals surface area contributed by atoms with Crippen LogP contribution in [0.2, 0.25) is 0 Å². The molecular formula is C15H19NO3S. The molecule has 1 fully saturated rings. The normalized spacial score (nSPS) is 18.5. The molecule has 1 saturated heterocycles. The number of carboxylic acid groups (broad SMARTS) is 1. The molecule has 2 rings (SSSR count). The molecule has 0 bridgehead atoms. The van der Waals surface area contributed by atoms with Crippen LogP contribution in [-0.4, -0.2) is 34.5 Å². The van der Waals surface area contributed by atoms with E-state index < -0.39 is 5.97 Å². The fourth-order valence-corrected chi connectivity index (χ4v) is 3.47. The second-order valence-corrected chi connectivity index (χ2v) is 6.21. The molecule has 5 heteroatoms. The zero-order valence-electron chi connectivity index (χ0n) is 11.3. The molecule has 1 heterocycles. The van der Waals surface area contributed by atoms with Crippen LogP contribution in [0.1, 0.15) is 35.2 Å². The zero-order valence-corrected chi connectivity index (χ0v) is 12.1. The number of carbonyl (C=O) groups is 2. The summed E-state index contributed by atoms with van der Waals surface area (Å²) in [5.74, 6) is 0.261. The number of benzene rings is 1. The lowest BCUT2D eigenvalue weighted by Crippen LogP contribution is -2.35. The second-order valence-electron chi connectivity index (χ2n) is 4.90. The monoisotopic (exact) mass is 293 g/mol. The molecule has 1 unspecified atom stereocenters. The molecule has 0 saturated carbocycles. The van der Waals surface area contributed by atoms with Crippen molar-refractivity contribution >= 4 is 23.6 Å². The number of amides is 1. The highest BCUT2D eigenvalue weighted by Gasteiger charge is 2.20. The highest BCUT2D eigenvalue weighted by atomic mass is 32.2. The molecule has 2 N–H and O–H groups in total. The van der Waals surface area contributed by atoms with E-state index in [9.17, 15) is 9.59 Å². The summed E-state index contributed by atoms with van der Waals surface area (Å²) in [7, 11) is 0. The van der Waals surface area contributed by atoms with Crippen LogP contribution in [0.25, 0.3) is 0 Å². The van der Waals surface area contributed by atoms with Crippen LogP contribution in [0.5, 0.6) is 0 Å². The van der Waals surface area contributed by atoms with Crippen molar-refractivity contribution in [1.82, 2.24) is 5.32 Å². The standard InChI is InChI=1S/C15H19NO3S/c17-14(13-6-1-2-9-20-13)16-8-7-11-4-3-5-12(10-11)15(18)19/h3-5,10,13H,1-2,6-9H2,(H,16,17)(H,18,19). The van der Waals surface area contributed by atoms with Crippen molar-refractivity contribution in [2.75, 3.05) is 12.3 Å². The van der Waals surface area contributed by atoms with Crippen molar-refractivity contribution in [3.63, 3.8) is 0 Å². The molecule has 1 aromatic carbocycles. The number of carboxylic acids is 1. The van der Waals surface area contributed by atoms with Crippen molar-refractivity contribution in [2.45, 2.75) is 30.9 Å². The van der Waals surface area contributed by atoms with Crippen LogP contribution in [0.4, 0.5) is 0 Å². The first-order valence-electron chi connectivity index (χ1n) is 6.88. The molecule has 0 spiro atoms. The number of rotatable bonds is 5. The molecule has 20 heavy (non-hydrogen) atoms. The molecule has 0 radical (unpaired) electrons. The van der Waals surface area contributed by atoms with E-state index in [4.69, 9.17) is 5.11 Å². The van der Waals surface area contributed by atoms with Gasteiger partial charge in [0.15, 0.2) is 0 Å². The van der Waals surface area contributed by atoms with E-state index in [-0.39, 0.29) is 16.7 Å². The number of aromatic carboxylic acids is 1. The summed E-state index contributed by atoms with van der Waals surface area (Å²) in [6, 6.07) is 6.85. The predicted molar refractivity (Wildman–Crippen MR) is 80.2 cm³/mol. The SMILES string of the molecule is O=C(O)c1cccc(CCNC(=O)C2CCCCS2)c1. The molecule has 1 atom stereocenters. The van der Waals surface area contributed by atoms with E-state index in [1.54, 1.807) is 30.0 Å². The summed E-state index contributed by atoms with van der Waals surface area (Å²) in [5.41, 5.74) is 1.22. The lowest BCUT2D eigenvalue weighted by atomic mass is 10.1. The van der Waals surface area contributed by atoms with Gasteiger partial charge in [0.1, 0.15) is 0 Å². The summed E-state index contributed by atoms with van der Waals surface area (Å²) in [6.45, 7) is 0.555. The molecule has 108 valence electrons. The number of hydrogen-bond acceptors (Lipinski definition) is 3. The average molecular weight is 293 g/mol. The largest absolute Gasteiger partial charge is 0.478 e. The fraction of sp³-hybridized carbons (Fsp3) is 0.467. The lowest BCUT2D eigenvalue weighted by Gasteiger charge is -2.20. The van der Waals surface area contributed by atoms with E-state index in [1.807, 2.05) is 6.07 Å². The van der Waals surface area contributed by atoms with Crippen LogP contribution in [-0.2, 0) is 11.2 Å². The highest BCUT2D eigenvalue weighted by Crippen LogP contribution is 2.24. The molecule has 1 aliphatic rings. The van der Waals surface area contributed by atoms with E-state index in [0.29, 0.717) is 13.0 Å². The Morgan fingerprint density at radius 2 is 2.20 bits per heavy atom. The minimum atomic E-state index is -0.922. The molecule has 1 aromatic rings. The molecule has 4 nitrogen and oxygen atoms in total. The van der Waals surface area contributed by atoms with Gasteiger partial charge in [-0.25, -0.2) is 4.79 Å². The first-order valence-corrected chi connectivity index (χ1v) is 7.93. The molecule has 0 aromatic heterocycles. The molecule has 0 aliphatic carbocycles. The third-order valence-electron chi connectivity index (χ3n) is 3.36. The summed E-state index contributed by atoms with van der Waals surface area (Å²) in [5, 5.41) is 12.0. The van der Waals surface area contributed by atoms with Gasteiger partial charge in [-0.2, -0.15) is 0 Å². The van der Waals surface area contributed by atoms with Crippen LogP contribution in [0, 0.1) is 0 Å². The Morgan fingerprint density at radius 1 is 1.35 bits per heavy atom. The predicted octanol–water partition coefficient (Wildman–Crippen LogP) is 2.33. The van der Waals surface area contributed by atoms with Crippen molar-refractivity contribution in [1.29, 1.82) is 0 Å². The van der Waals surface area contributed by atoms with Gasteiger partial charge < -0.3 is 10.4 Å². The van der Waals surface area contributed by atoms with E-state index in [0.717, 1.165) is 24.2 Å². The summed E-state index contributed by atoms with van der Waals surface area (Å²) >= 11 is 1.73. The third-order valence-corrected chi connectivity index (χ3v) is 4.74. The maximum atomic E-state index is 11.9. The minimum absolute atomic E-state index is 0.0918. The van der Waals surface area contributed by atoms with E-state index >= 15 is 0 Å². The Morgan fingerprint density at radius 3 is 2.90 bits per heavy atom. The quantitative estimate of drug-likeness (QED) is 0.874. The zero-order chi connectivity index (χ0) is 14.4. The number of hydrogen-bond donors (Lipinski definition) is 2. The van der Waals surface area contributed by atoms with Crippen molar-refractivity contribution in [2.24, 2.45) is 0 Å². The maximum Gasteiger partial charge on any atom is 0.335 e. The van der Waals surface area contributed by atoms with Gasteiger partial charge in [0.05, 0.1) is 10.8 Å². The molecule has 1 aliphatic heterocycles. The molecular weight excluding hydrogens is 274 g/mol. The van der Waals surface area contributed by atoms with Crippen molar-refractivity contribution < 1.29 is 14.7 Å². The van der Waals surface area contributed by atoms with Gasteiger partial charge in [0.25, 0.3) is 0 Å². The Kier molecular flexibility index (Phi) is 5.47. The smallest absolute Gasteiger partial charge is 0.335 e. The Labute approximate surface area is 123 Å². The number of carbonyl (C=O) groups excluding carboxylic acids is 1. The van der Waals surface area contributed by atoms with Gasteiger partial charge in [0, 0.05) is 6.54 Å². The van der Waals surface area contributed by atoms with Crippen molar-refractivity contribution in [3.05, 3.63) is 35.4 Å². The van der Waals surface area contributed by atoms with Crippen molar-refractivity contribution in [3.8, 4) is 0 Å². The highest BCUT2D eigenvalue weighted by molar-refractivity contribution is 8.00. The summed E-state index contributed by atoms with van der Waals surface area (Å²) < 4.78 is 0. The summed E-state index contributed by atoms with van der Waals surface area (Å²) in [6.07, 6.45) is 3.96. The van der Waals surface area contributed by atoms with Gasteiger partial charge in [-0.15, -0.1) is 11.8 Å². The van der Waals surface area contributed by atoms with E-state index in [2.05, 4.69) is 5.32 Å². The number of thioether (sulfide) groups is 1. The first-order chi connectivity index (χ1) is 9.66. The topological polar surface area (TPSA) is 66.4 Å². The van der Waals surface area contributed by atoms with Gasteiger partial charge in [-0.3, -0.25) is 4.79 Å². The second kappa shape index (κ2) is 7.33. The minimum Gasteiger partial charge on any atom is -0.478 e. The Balaban J connectivity index is 1.79. The van der Waals surface area contributed by atoms with Gasteiger partial charge in [0.2, 0.25) is 5.91 Å². The van der Waals surface area contributed by atoms with Gasteiger partial charge in [-0.1, -0.05) is 18.6 Å². The van der Waals surface area contributed by atoms with Gasteiger partial charge >= 0.3 is 5.97 Å². The number of nitrogens with one attached hydrogen (secondary N) is 1. The average Bonchev–Trinajstić information content (AvgIpc) is 2.48. The molecule has 1 amide bonds. The fourth-order valence-electron chi connectivity index (χ4n) is 2.25. The van der Waals surface area contributed by atoms with Gasteiger partial charge in [-0.05, 0) is 42.7 Å². The van der Waals surface area contributed by atoms with Crippen LogP contribution in [0.15, 0.2) is 24.3 Å². The van der Waals surface area contributed by atoms with E-state index in [1.165, 1.54) is 6.42 Å². The Bertz CT molecular complexity index is 484. The maximum absolute atomic E-state index is 11.9. The first kappa shape index (κ1) is 14.9. The summed E-state index contributed by atoms with van der Waals surface area (Å²) in [4.78, 5) is 22.8. The third kappa shape index (κ3) is 4.27.